The maximum atomic E-state index is 4.78. The van der Waals surface area contributed by atoms with Crippen molar-refractivity contribution in [1.82, 2.24) is 19.7 Å². The summed E-state index contributed by atoms with van der Waals surface area (Å²) >= 11 is 0. The predicted molar refractivity (Wildman–Crippen MR) is 79.5 cm³/mol. The second-order valence-electron chi connectivity index (χ2n) is 5.90. The molecule has 2 aromatic heterocycles. The van der Waals surface area contributed by atoms with E-state index in [0.717, 1.165) is 17.3 Å². The van der Waals surface area contributed by atoms with Gasteiger partial charge in [0, 0.05) is 12.1 Å². The summed E-state index contributed by atoms with van der Waals surface area (Å²) in [6.07, 6.45) is 8.18. The molecule has 1 saturated carbocycles. The van der Waals surface area contributed by atoms with Gasteiger partial charge in [0.15, 0.2) is 11.6 Å². The van der Waals surface area contributed by atoms with E-state index in [-0.39, 0.29) is 0 Å². The van der Waals surface area contributed by atoms with Gasteiger partial charge >= 0.3 is 0 Å². The van der Waals surface area contributed by atoms with Crippen LogP contribution in [0.4, 0.5) is 0 Å². The van der Waals surface area contributed by atoms with E-state index in [9.17, 15) is 0 Å². The van der Waals surface area contributed by atoms with Crippen molar-refractivity contribution < 1.29 is 0 Å². The van der Waals surface area contributed by atoms with Gasteiger partial charge < -0.3 is 0 Å². The lowest BCUT2D eigenvalue weighted by atomic mass is 9.95. The smallest absolute Gasteiger partial charge is 0.177 e. The number of hydrogen-bond acceptors (Lipinski definition) is 3. The van der Waals surface area contributed by atoms with Gasteiger partial charge in [-0.05, 0) is 25.0 Å². The summed E-state index contributed by atoms with van der Waals surface area (Å²) in [7, 11) is 0. The summed E-state index contributed by atoms with van der Waals surface area (Å²) in [5, 5.41) is 4.78. The molecule has 2 aromatic rings. The van der Waals surface area contributed by atoms with Crippen molar-refractivity contribution in [1.29, 1.82) is 0 Å². The van der Waals surface area contributed by atoms with Crippen LogP contribution in [-0.4, -0.2) is 19.7 Å². The lowest BCUT2D eigenvalue weighted by Gasteiger charge is -2.23. The molecule has 20 heavy (non-hydrogen) atoms. The van der Waals surface area contributed by atoms with E-state index in [0.29, 0.717) is 12.0 Å². The Morgan fingerprint density at radius 2 is 1.95 bits per heavy atom. The van der Waals surface area contributed by atoms with Crippen LogP contribution in [0.5, 0.6) is 0 Å². The van der Waals surface area contributed by atoms with Gasteiger partial charge in [0.25, 0.3) is 0 Å². The minimum atomic E-state index is 0.349. The van der Waals surface area contributed by atoms with E-state index in [2.05, 4.69) is 23.5 Å². The van der Waals surface area contributed by atoms with Gasteiger partial charge in [-0.3, -0.25) is 4.98 Å². The van der Waals surface area contributed by atoms with Gasteiger partial charge in [-0.2, -0.15) is 5.10 Å². The number of nitrogens with zero attached hydrogens (tertiary/aromatic N) is 4. The lowest BCUT2D eigenvalue weighted by molar-refractivity contribution is 0.330. The molecule has 106 valence electrons. The van der Waals surface area contributed by atoms with Crippen molar-refractivity contribution in [2.24, 2.45) is 0 Å². The highest BCUT2D eigenvalue weighted by molar-refractivity contribution is 5.49. The van der Waals surface area contributed by atoms with Crippen molar-refractivity contribution in [2.45, 2.75) is 57.9 Å². The number of hydrogen-bond donors (Lipinski definition) is 0. The van der Waals surface area contributed by atoms with Crippen LogP contribution in [0, 0.1) is 0 Å². The SMILES string of the molecule is CC(C)c1nc(-c2ccccn2)n(C2CCCCC2)n1. The predicted octanol–water partition coefficient (Wildman–Crippen LogP) is 3.97. The maximum absolute atomic E-state index is 4.78. The van der Waals surface area contributed by atoms with Gasteiger partial charge in [-0.25, -0.2) is 9.67 Å². The van der Waals surface area contributed by atoms with Crippen LogP contribution in [0.15, 0.2) is 24.4 Å². The van der Waals surface area contributed by atoms with E-state index >= 15 is 0 Å². The molecule has 4 heteroatoms. The Morgan fingerprint density at radius 1 is 1.15 bits per heavy atom. The Bertz CT molecular complexity index is 553. The minimum absolute atomic E-state index is 0.349. The highest BCUT2D eigenvalue weighted by Gasteiger charge is 2.23. The van der Waals surface area contributed by atoms with Gasteiger partial charge in [0.2, 0.25) is 0 Å². The molecule has 0 saturated heterocycles. The molecule has 0 amide bonds. The van der Waals surface area contributed by atoms with Crippen LogP contribution in [0.2, 0.25) is 0 Å². The van der Waals surface area contributed by atoms with E-state index < -0.39 is 0 Å². The molecule has 0 bridgehead atoms. The molecule has 2 heterocycles. The maximum Gasteiger partial charge on any atom is 0.177 e. The fraction of sp³-hybridized carbons (Fsp3) is 0.562. The Hall–Kier alpha value is -1.71. The first-order chi connectivity index (χ1) is 9.75. The zero-order valence-electron chi connectivity index (χ0n) is 12.3. The normalized spacial score (nSPS) is 16.8. The van der Waals surface area contributed by atoms with Crippen LogP contribution in [-0.2, 0) is 0 Å². The third-order valence-electron chi connectivity index (χ3n) is 3.98. The van der Waals surface area contributed by atoms with Crippen molar-refractivity contribution in [3.05, 3.63) is 30.2 Å². The monoisotopic (exact) mass is 270 g/mol. The quantitative estimate of drug-likeness (QED) is 0.847. The van der Waals surface area contributed by atoms with Crippen molar-refractivity contribution in [3.63, 3.8) is 0 Å². The molecule has 0 unspecified atom stereocenters. The van der Waals surface area contributed by atoms with Crippen molar-refractivity contribution in [3.8, 4) is 11.5 Å². The lowest BCUT2D eigenvalue weighted by Crippen LogP contribution is -2.15. The summed E-state index contributed by atoms with van der Waals surface area (Å²) in [5.74, 6) is 2.21. The number of aromatic nitrogens is 4. The first-order valence-corrected chi connectivity index (χ1v) is 7.63. The summed E-state index contributed by atoms with van der Waals surface area (Å²) in [4.78, 5) is 9.20. The van der Waals surface area contributed by atoms with Crippen LogP contribution in [0.3, 0.4) is 0 Å². The zero-order valence-corrected chi connectivity index (χ0v) is 12.3. The second-order valence-corrected chi connectivity index (χ2v) is 5.90. The first kappa shape index (κ1) is 13.3. The number of pyridine rings is 1. The van der Waals surface area contributed by atoms with E-state index in [1.54, 1.807) is 0 Å². The fourth-order valence-corrected chi connectivity index (χ4v) is 2.83. The molecular weight excluding hydrogens is 248 g/mol. The topological polar surface area (TPSA) is 43.6 Å². The Kier molecular flexibility index (Phi) is 3.81. The first-order valence-electron chi connectivity index (χ1n) is 7.63. The number of rotatable bonds is 3. The molecule has 1 fully saturated rings. The molecule has 1 aliphatic rings. The van der Waals surface area contributed by atoms with E-state index in [1.165, 1.54) is 32.1 Å². The Labute approximate surface area is 120 Å². The van der Waals surface area contributed by atoms with Gasteiger partial charge in [0.1, 0.15) is 5.69 Å². The molecule has 3 rings (SSSR count). The highest BCUT2D eigenvalue weighted by Crippen LogP contribution is 2.31. The van der Waals surface area contributed by atoms with Crippen LogP contribution in [0.25, 0.3) is 11.5 Å². The zero-order chi connectivity index (χ0) is 13.9. The molecule has 4 nitrogen and oxygen atoms in total. The second kappa shape index (κ2) is 5.73. The third-order valence-corrected chi connectivity index (χ3v) is 3.98. The summed E-state index contributed by atoms with van der Waals surface area (Å²) in [5.41, 5.74) is 0.928. The average molecular weight is 270 g/mol. The average Bonchev–Trinajstić information content (AvgIpc) is 2.94. The molecular formula is C16H22N4. The largest absolute Gasteiger partial charge is 0.253 e. The third kappa shape index (κ3) is 2.60. The standard InChI is InChI=1S/C16H22N4/c1-12(2)15-18-16(14-10-6-7-11-17-14)20(19-15)13-8-4-3-5-9-13/h6-7,10-13H,3-5,8-9H2,1-2H3. The fourth-order valence-electron chi connectivity index (χ4n) is 2.83. The Morgan fingerprint density at radius 3 is 2.60 bits per heavy atom. The van der Waals surface area contributed by atoms with Crippen LogP contribution < -0.4 is 0 Å². The van der Waals surface area contributed by atoms with E-state index in [4.69, 9.17) is 10.1 Å². The summed E-state index contributed by atoms with van der Waals surface area (Å²) in [6.45, 7) is 4.28. The van der Waals surface area contributed by atoms with Crippen LogP contribution >= 0.6 is 0 Å². The van der Waals surface area contributed by atoms with Gasteiger partial charge in [-0.1, -0.05) is 39.2 Å². The minimum Gasteiger partial charge on any atom is -0.253 e. The van der Waals surface area contributed by atoms with Crippen molar-refractivity contribution >= 4 is 0 Å². The molecule has 1 aliphatic carbocycles. The molecule has 0 N–H and O–H groups in total. The highest BCUT2D eigenvalue weighted by atomic mass is 15.4. The summed E-state index contributed by atoms with van der Waals surface area (Å²) in [6, 6.07) is 6.46. The van der Waals surface area contributed by atoms with E-state index in [1.807, 2.05) is 24.4 Å². The summed E-state index contributed by atoms with van der Waals surface area (Å²) < 4.78 is 2.14. The van der Waals surface area contributed by atoms with Crippen LogP contribution in [0.1, 0.15) is 63.7 Å². The van der Waals surface area contributed by atoms with Crippen molar-refractivity contribution in [2.75, 3.05) is 0 Å². The molecule has 0 spiro atoms. The molecule has 0 radical (unpaired) electrons. The molecule has 0 aliphatic heterocycles. The van der Waals surface area contributed by atoms with Gasteiger partial charge in [-0.15, -0.1) is 0 Å². The molecule has 0 atom stereocenters. The van der Waals surface area contributed by atoms with Gasteiger partial charge in [0.05, 0.1) is 6.04 Å². The Balaban J connectivity index is 2.02. The molecule has 0 aromatic carbocycles.